The van der Waals surface area contributed by atoms with Crippen molar-refractivity contribution < 1.29 is 14.3 Å². The Morgan fingerprint density at radius 1 is 1.11 bits per heavy atom. The second-order valence-electron chi connectivity index (χ2n) is 6.25. The van der Waals surface area contributed by atoms with Gasteiger partial charge in [0.1, 0.15) is 6.10 Å². The van der Waals surface area contributed by atoms with Crippen molar-refractivity contribution in [2.45, 2.75) is 69.7 Å². The van der Waals surface area contributed by atoms with E-state index < -0.39 is 0 Å². The number of ether oxygens (including phenoxy) is 2. The van der Waals surface area contributed by atoms with E-state index in [2.05, 4.69) is 5.32 Å². The van der Waals surface area contributed by atoms with Crippen molar-refractivity contribution in [3.8, 4) is 0 Å². The number of carbonyl (C=O) groups is 1. The molecule has 108 valence electrons. The average Bonchev–Trinajstić information content (AvgIpc) is 3.08. The number of carbonyl (C=O) groups excluding carboxylic acids is 1. The molecule has 19 heavy (non-hydrogen) atoms. The zero-order valence-corrected chi connectivity index (χ0v) is 11.7. The summed E-state index contributed by atoms with van der Waals surface area (Å²) < 4.78 is 11.9. The van der Waals surface area contributed by atoms with Crippen molar-refractivity contribution in [2.75, 3.05) is 13.2 Å². The number of rotatable bonds is 3. The Hall–Kier alpha value is -0.610. The minimum atomic E-state index is -0.318. The van der Waals surface area contributed by atoms with Gasteiger partial charge < -0.3 is 14.8 Å². The summed E-state index contributed by atoms with van der Waals surface area (Å²) in [7, 11) is 0. The maximum Gasteiger partial charge on any atom is 0.223 e. The lowest BCUT2D eigenvalue weighted by Crippen LogP contribution is -2.38. The molecule has 1 spiro atoms. The van der Waals surface area contributed by atoms with Gasteiger partial charge in [0.25, 0.3) is 0 Å². The SMILES string of the molecule is O=C(NCC1COC2(CCCCC2)O1)C1CCCC1. The summed E-state index contributed by atoms with van der Waals surface area (Å²) in [4.78, 5) is 12.0. The lowest BCUT2D eigenvalue weighted by Gasteiger charge is -2.31. The molecule has 0 aromatic carbocycles. The Balaban J connectivity index is 1.42. The highest BCUT2D eigenvalue weighted by atomic mass is 16.7. The molecule has 1 heterocycles. The monoisotopic (exact) mass is 267 g/mol. The largest absolute Gasteiger partial charge is 0.353 e. The molecule has 1 amide bonds. The topological polar surface area (TPSA) is 47.6 Å². The van der Waals surface area contributed by atoms with Crippen LogP contribution in [0.3, 0.4) is 0 Å². The third kappa shape index (κ3) is 3.11. The van der Waals surface area contributed by atoms with Crippen LogP contribution < -0.4 is 5.32 Å². The summed E-state index contributed by atoms with van der Waals surface area (Å²) in [5.74, 6) is 0.137. The van der Waals surface area contributed by atoms with E-state index in [-0.39, 0.29) is 23.7 Å². The molecule has 4 nitrogen and oxygen atoms in total. The van der Waals surface area contributed by atoms with Gasteiger partial charge in [-0.15, -0.1) is 0 Å². The van der Waals surface area contributed by atoms with Crippen molar-refractivity contribution in [3.63, 3.8) is 0 Å². The predicted molar refractivity (Wildman–Crippen MR) is 71.6 cm³/mol. The Morgan fingerprint density at radius 2 is 1.84 bits per heavy atom. The summed E-state index contributed by atoms with van der Waals surface area (Å²) in [6.45, 7) is 1.24. The summed E-state index contributed by atoms with van der Waals surface area (Å²) in [6, 6.07) is 0. The van der Waals surface area contributed by atoms with Crippen LogP contribution >= 0.6 is 0 Å². The predicted octanol–water partition coefficient (Wildman–Crippen LogP) is 2.37. The molecule has 1 atom stereocenters. The molecule has 3 aliphatic rings. The van der Waals surface area contributed by atoms with Crippen LogP contribution in [-0.4, -0.2) is 30.9 Å². The molecule has 0 radical (unpaired) electrons. The van der Waals surface area contributed by atoms with Gasteiger partial charge >= 0.3 is 0 Å². The third-order valence-corrected chi connectivity index (χ3v) is 4.76. The van der Waals surface area contributed by atoms with Crippen molar-refractivity contribution in [1.29, 1.82) is 0 Å². The van der Waals surface area contributed by atoms with Gasteiger partial charge in [0.05, 0.1) is 6.61 Å². The number of hydrogen-bond acceptors (Lipinski definition) is 3. The molecule has 1 saturated heterocycles. The van der Waals surface area contributed by atoms with Crippen molar-refractivity contribution >= 4 is 5.91 Å². The minimum absolute atomic E-state index is 0.0449. The number of hydrogen-bond donors (Lipinski definition) is 1. The molecule has 0 bridgehead atoms. The van der Waals surface area contributed by atoms with Gasteiger partial charge in [-0.2, -0.15) is 0 Å². The fourth-order valence-corrected chi connectivity index (χ4v) is 3.62. The second kappa shape index (κ2) is 5.80. The lowest BCUT2D eigenvalue weighted by molar-refractivity contribution is -0.186. The minimum Gasteiger partial charge on any atom is -0.353 e. The zero-order valence-electron chi connectivity index (χ0n) is 11.7. The summed E-state index contributed by atoms with van der Waals surface area (Å²) in [6.07, 6.45) is 10.3. The van der Waals surface area contributed by atoms with E-state index in [4.69, 9.17) is 9.47 Å². The van der Waals surface area contributed by atoms with E-state index in [0.29, 0.717) is 13.2 Å². The molecule has 1 N–H and O–H groups in total. The molecular weight excluding hydrogens is 242 g/mol. The van der Waals surface area contributed by atoms with Gasteiger partial charge in [-0.3, -0.25) is 4.79 Å². The first-order valence-corrected chi connectivity index (χ1v) is 7.87. The zero-order chi connectivity index (χ0) is 13.1. The van der Waals surface area contributed by atoms with Gasteiger partial charge in [0.15, 0.2) is 5.79 Å². The molecule has 2 aliphatic carbocycles. The van der Waals surface area contributed by atoms with E-state index in [1.807, 2.05) is 0 Å². The van der Waals surface area contributed by atoms with E-state index in [1.54, 1.807) is 0 Å². The van der Waals surface area contributed by atoms with Crippen LogP contribution in [0.5, 0.6) is 0 Å². The number of amides is 1. The first kappa shape index (κ1) is 13.4. The van der Waals surface area contributed by atoms with E-state index >= 15 is 0 Å². The van der Waals surface area contributed by atoms with E-state index in [9.17, 15) is 4.79 Å². The molecule has 0 aromatic rings. The first-order chi connectivity index (χ1) is 9.27. The summed E-state index contributed by atoms with van der Waals surface area (Å²) in [5.41, 5.74) is 0. The standard InChI is InChI=1S/C15H25NO3/c17-14(12-6-2-3-7-12)16-10-13-11-18-15(19-13)8-4-1-5-9-15/h12-13H,1-11H2,(H,16,17). The Kier molecular flexibility index (Phi) is 4.08. The summed E-state index contributed by atoms with van der Waals surface area (Å²) >= 11 is 0. The van der Waals surface area contributed by atoms with E-state index in [1.165, 1.54) is 32.1 Å². The van der Waals surface area contributed by atoms with Crippen molar-refractivity contribution in [2.24, 2.45) is 5.92 Å². The highest BCUT2D eigenvalue weighted by Crippen LogP contribution is 2.37. The van der Waals surface area contributed by atoms with E-state index in [0.717, 1.165) is 25.7 Å². The Bertz CT molecular complexity index is 319. The maximum atomic E-state index is 12.0. The average molecular weight is 267 g/mol. The number of nitrogens with one attached hydrogen (secondary N) is 1. The molecule has 0 aromatic heterocycles. The fourth-order valence-electron chi connectivity index (χ4n) is 3.62. The second-order valence-corrected chi connectivity index (χ2v) is 6.25. The fraction of sp³-hybridized carbons (Fsp3) is 0.933. The molecule has 2 saturated carbocycles. The van der Waals surface area contributed by atoms with Crippen LogP contribution in [0.4, 0.5) is 0 Å². The van der Waals surface area contributed by atoms with Crippen molar-refractivity contribution in [3.05, 3.63) is 0 Å². The van der Waals surface area contributed by atoms with Gasteiger partial charge in [0, 0.05) is 25.3 Å². The van der Waals surface area contributed by atoms with Gasteiger partial charge in [-0.25, -0.2) is 0 Å². The Morgan fingerprint density at radius 3 is 2.58 bits per heavy atom. The molecule has 3 rings (SSSR count). The van der Waals surface area contributed by atoms with Gasteiger partial charge in [0.2, 0.25) is 5.91 Å². The van der Waals surface area contributed by atoms with Gasteiger partial charge in [-0.05, 0) is 25.7 Å². The molecular formula is C15H25NO3. The smallest absolute Gasteiger partial charge is 0.223 e. The highest BCUT2D eigenvalue weighted by molar-refractivity contribution is 5.78. The molecule has 1 aliphatic heterocycles. The van der Waals surface area contributed by atoms with Crippen LogP contribution in [0.1, 0.15) is 57.8 Å². The molecule has 1 unspecified atom stereocenters. The van der Waals surface area contributed by atoms with Crippen LogP contribution in [0.25, 0.3) is 0 Å². The normalized spacial score (nSPS) is 30.8. The van der Waals surface area contributed by atoms with Crippen LogP contribution in [0.2, 0.25) is 0 Å². The van der Waals surface area contributed by atoms with Gasteiger partial charge in [-0.1, -0.05) is 19.3 Å². The summed E-state index contributed by atoms with van der Waals surface area (Å²) in [5, 5.41) is 3.04. The quantitative estimate of drug-likeness (QED) is 0.854. The lowest BCUT2D eigenvalue weighted by atomic mass is 9.94. The third-order valence-electron chi connectivity index (χ3n) is 4.76. The maximum absolute atomic E-state index is 12.0. The van der Waals surface area contributed by atoms with Crippen LogP contribution in [-0.2, 0) is 14.3 Å². The molecule has 3 fully saturated rings. The first-order valence-electron chi connectivity index (χ1n) is 7.87. The van der Waals surface area contributed by atoms with Crippen LogP contribution in [0.15, 0.2) is 0 Å². The highest BCUT2D eigenvalue weighted by Gasteiger charge is 2.42. The Labute approximate surface area is 115 Å². The van der Waals surface area contributed by atoms with Crippen molar-refractivity contribution in [1.82, 2.24) is 5.32 Å². The molecule has 4 heteroatoms. The van der Waals surface area contributed by atoms with Crippen LogP contribution in [0, 0.1) is 5.92 Å².